The number of benzene rings is 1. The van der Waals surface area contributed by atoms with E-state index in [0.717, 1.165) is 50.2 Å². The van der Waals surface area contributed by atoms with Crippen molar-refractivity contribution >= 4 is 5.91 Å². The number of carbonyl (C=O) groups is 1. The van der Waals surface area contributed by atoms with E-state index in [1.807, 2.05) is 17.0 Å². The summed E-state index contributed by atoms with van der Waals surface area (Å²) in [6.45, 7) is 6.11. The van der Waals surface area contributed by atoms with Gasteiger partial charge in [-0.25, -0.2) is 0 Å². The maximum atomic E-state index is 11.8. The van der Waals surface area contributed by atoms with Crippen LogP contribution in [0.4, 0.5) is 0 Å². The predicted octanol–water partition coefficient (Wildman–Crippen LogP) is 3.20. The molecule has 2 atom stereocenters. The van der Waals surface area contributed by atoms with Crippen LogP contribution in [0, 0.1) is 5.92 Å². The number of aryl methyl sites for hydroxylation is 1. The standard InChI is InChI=1S/C21H29N3O2/c1-3-7-19-13-20(26-23-19)14-22-21-10-11-24(16(2)25)15-18(21)12-17-8-5-4-6-9-17/h4-6,8-9,13,18,21-22H,3,7,10-12,14-15H2,1-2H3/t18-,21+/m1/s1. The summed E-state index contributed by atoms with van der Waals surface area (Å²) in [5, 5.41) is 7.78. The summed E-state index contributed by atoms with van der Waals surface area (Å²) in [5.74, 6) is 1.45. The molecule has 3 rings (SSSR count). The van der Waals surface area contributed by atoms with E-state index in [4.69, 9.17) is 4.52 Å². The van der Waals surface area contributed by atoms with Crippen LogP contribution in [0.15, 0.2) is 40.9 Å². The number of amides is 1. The molecule has 1 aliphatic heterocycles. The third-order valence-electron chi connectivity index (χ3n) is 5.17. The van der Waals surface area contributed by atoms with Crippen LogP contribution in [0.2, 0.25) is 0 Å². The van der Waals surface area contributed by atoms with Gasteiger partial charge in [0.25, 0.3) is 0 Å². The normalized spacial score (nSPS) is 20.3. The van der Waals surface area contributed by atoms with Gasteiger partial charge >= 0.3 is 0 Å². The van der Waals surface area contributed by atoms with Crippen LogP contribution in [-0.2, 0) is 24.2 Å². The van der Waals surface area contributed by atoms with Crippen molar-refractivity contribution in [2.45, 2.75) is 52.1 Å². The topological polar surface area (TPSA) is 58.4 Å². The van der Waals surface area contributed by atoms with Crippen LogP contribution in [0.1, 0.15) is 43.7 Å². The molecule has 1 aromatic carbocycles. The molecule has 0 aliphatic carbocycles. The van der Waals surface area contributed by atoms with Crippen molar-refractivity contribution in [3.05, 3.63) is 53.4 Å². The highest BCUT2D eigenvalue weighted by atomic mass is 16.5. The van der Waals surface area contributed by atoms with Crippen molar-refractivity contribution in [3.8, 4) is 0 Å². The summed E-state index contributed by atoms with van der Waals surface area (Å²) in [4.78, 5) is 13.8. The summed E-state index contributed by atoms with van der Waals surface area (Å²) in [6, 6.07) is 12.9. The molecule has 0 saturated carbocycles. The first-order valence-electron chi connectivity index (χ1n) is 9.63. The van der Waals surface area contributed by atoms with Crippen LogP contribution in [0.25, 0.3) is 0 Å². The third kappa shape index (κ3) is 4.94. The average molecular weight is 355 g/mol. The van der Waals surface area contributed by atoms with Crippen molar-refractivity contribution < 1.29 is 9.32 Å². The molecule has 0 spiro atoms. The van der Waals surface area contributed by atoms with Crippen LogP contribution < -0.4 is 5.32 Å². The lowest BCUT2D eigenvalue weighted by Crippen LogP contribution is -2.51. The summed E-state index contributed by atoms with van der Waals surface area (Å²) < 4.78 is 5.44. The first-order valence-corrected chi connectivity index (χ1v) is 9.63. The average Bonchev–Trinajstić information content (AvgIpc) is 3.09. The first kappa shape index (κ1) is 18.6. The number of carbonyl (C=O) groups excluding carboxylic acids is 1. The van der Waals surface area contributed by atoms with Crippen LogP contribution in [-0.4, -0.2) is 35.1 Å². The van der Waals surface area contributed by atoms with Gasteiger partial charge in [-0.15, -0.1) is 0 Å². The maximum absolute atomic E-state index is 11.8. The number of rotatable bonds is 7. The number of aromatic nitrogens is 1. The van der Waals surface area contributed by atoms with Gasteiger partial charge in [0, 0.05) is 32.1 Å². The fraction of sp³-hybridized carbons (Fsp3) is 0.524. The molecule has 2 aromatic rings. The van der Waals surface area contributed by atoms with Gasteiger partial charge in [0.15, 0.2) is 5.76 Å². The number of nitrogens with one attached hydrogen (secondary N) is 1. The van der Waals surface area contributed by atoms with Crippen molar-refractivity contribution in [1.29, 1.82) is 0 Å². The monoisotopic (exact) mass is 355 g/mol. The Labute approximate surface area is 155 Å². The number of piperidine rings is 1. The lowest BCUT2D eigenvalue weighted by Gasteiger charge is -2.38. The minimum absolute atomic E-state index is 0.168. The second-order valence-electron chi connectivity index (χ2n) is 7.23. The molecular weight excluding hydrogens is 326 g/mol. The summed E-state index contributed by atoms with van der Waals surface area (Å²) in [5.41, 5.74) is 2.34. The highest BCUT2D eigenvalue weighted by molar-refractivity contribution is 5.73. The Bertz CT molecular complexity index is 698. The molecule has 1 saturated heterocycles. The lowest BCUT2D eigenvalue weighted by molar-refractivity contribution is -0.131. The minimum atomic E-state index is 0.168. The SMILES string of the molecule is CCCc1cc(CN[C@H]2CCN(C(C)=O)C[C@H]2Cc2ccccc2)on1. The first-order chi connectivity index (χ1) is 12.7. The van der Waals surface area contributed by atoms with Crippen molar-refractivity contribution in [3.63, 3.8) is 0 Å². The van der Waals surface area contributed by atoms with E-state index < -0.39 is 0 Å². The van der Waals surface area contributed by atoms with E-state index in [2.05, 4.69) is 41.7 Å². The fourth-order valence-electron chi connectivity index (χ4n) is 3.76. The van der Waals surface area contributed by atoms with Gasteiger partial charge in [0.1, 0.15) is 0 Å². The largest absolute Gasteiger partial charge is 0.360 e. The van der Waals surface area contributed by atoms with Gasteiger partial charge < -0.3 is 14.7 Å². The Morgan fingerprint density at radius 3 is 2.88 bits per heavy atom. The van der Waals surface area contributed by atoms with Crippen molar-refractivity contribution in [2.75, 3.05) is 13.1 Å². The van der Waals surface area contributed by atoms with Crippen molar-refractivity contribution in [2.24, 2.45) is 5.92 Å². The summed E-state index contributed by atoms with van der Waals surface area (Å²) in [7, 11) is 0. The second-order valence-corrected chi connectivity index (χ2v) is 7.23. The number of hydrogen-bond acceptors (Lipinski definition) is 4. The zero-order valence-electron chi connectivity index (χ0n) is 15.8. The van der Waals surface area contributed by atoms with Gasteiger partial charge in [-0.2, -0.15) is 0 Å². The molecule has 26 heavy (non-hydrogen) atoms. The Hall–Kier alpha value is -2.14. The molecule has 1 amide bonds. The van der Waals surface area contributed by atoms with E-state index in [1.54, 1.807) is 6.92 Å². The molecule has 2 heterocycles. The highest BCUT2D eigenvalue weighted by Gasteiger charge is 2.30. The summed E-state index contributed by atoms with van der Waals surface area (Å²) in [6.07, 6.45) is 3.96. The Morgan fingerprint density at radius 1 is 1.35 bits per heavy atom. The molecule has 1 aliphatic rings. The molecule has 1 aromatic heterocycles. The van der Waals surface area contributed by atoms with Gasteiger partial charge in [-0.3, -0.25) is 4.79 Å². The maximum Gasteiger partial charge on any atom is 0.219 e. The number of nitrogens with zero attached hydrogens (tertiary/aromatic N) is 2. The van der Waals surface area contributed by atoms with Crippen LogP contribution in [0.3, 0.4) is 0 Å². The van der Waals surface area contributed by atoms with E-state index in [9.17, 15) is 4.79 Å². The van der Waals surface area contributed by atoms with E-state index >= 15 is 0 Å². The molecule has 5 heteroatoms. The third-order valence-corrected chi connectivity index (χ3v) is 5.17. The molecule has 1 fully saturated rings. The highest BCUT2D eigenvalue weighted by Crippen LogP contribution is 2.22. The lowest BCUT2D eigenvalue weighted by atomic mass is 9.86. The molecule has 0 unspecified atom stereocenters. The molecule has 0 radical (unpaired) electrons. The van der Waals surface area contributed by atoms with Gasteiger partial charge in [0.05, 0.1) is 12.2 Å². The molecule has 5 nitrogen and oxygen atoms in total. The second kappa shape index (κ2) is 8.99. The zero-order valence-corrected chi connectivity index (χ0v) is 15.8. The Morgan fingerprint density at radius 2 is 2.15 bits per heavy atom. The minimum Gasteiger partial charge on any atom is -0.360 e. The zero-order chi connectivity index (χ0) is 18.4. The van der Waals surface area contributed by atoms with Gasteiger partial charge in [0.2, 0.25) is 5.91 Å². The van der Waals surface area contributed by atoms with Gasteiger partial charge in [-0.1, -0.05) is 48.8 Å². The Balaban J connectivity index is 1.63. The smallest absolute Gasteiger partial charge is 0.219 e. The molecule has 1 N–H and O–H groups in total. The van der Waals surface area contributed by atoms with Crippen LogP contribution in [0.5, 0.6) is 0 Å². The van der Waals surface area contributed by atoms with E-state index in [-0.39, 0.29) is 5.91 Å². The number of likely N-dealkylation sites (tertiary alicyclic amines) is 1. The number of hydrogen-bond donors (Lipinski definition) is 1. The molecular formula is C21H29N3O2. The van der Waals surface area contributed by atoms with E-state index in [1.165, 1.54) is 5.56 Å². The fourth-order valence-corrected chi connectivity index (χ4v) is 3.76. The predicted molar refractivity (Wildman–Crippen MR) is 102 cm³/mol. The van der Waals surface area contributed by atoms with E-state index in [0.29, 0.717) is 18.5 Å². The van der Waals surface area contributed by atoms with Crippen LogP contribution >= 0.6 is 0 Å². The Kier molecular flexibility index (Phi) is 6.45. The molecule has 0 bridgehead atoms. The quantitative estimate of drug-likeness (QED) is 0.829. The van der Waals surface area contributed by atoms with Crippen molar-refractivity contribution in [1.82, 2.24) is 15.4 Å². The molecule has 140 valence electrons. The summed E-state index contributed by atoms with van der Waals surface area (Å²) >= 11 is 0. The van der Waals surface area contributed by atoms with Gasteiger partial charge in [-0.05, 0) is 30.7 Å².